The van der Waals surface area contributed by atoms with E-state index in [-0.39, 0.29) is 11.3 Å². The quantitative estimate of drug-likeness (QED) is 0.419. The van der Waals surface area contributed by atoms with E-state index in [1.807, 2.05) is 12.1 Å². The summed E-state index contributed by atoms with van der Waals surface area (Å²) in [4.78, 5) is 12.5. The predicted octanol–water partition coefficient (Wildman–Crippen LogP) is 6.86. The van der Waals surface area contributed by atoms with Crippen molar-refractivity contribution in [1.29, 1.82) is 10.5 Å². The molecule has 3 aliphatic carbocycles. The Labute approximate surface area is 187 Å². The van der Waals surface area contributed by atoms with Crippen molar-refractivity contribution < 1.29 is 9.90 Å². The zero-order valence-electron chi connectivity index (χ0n) is 19.2. The van der Waals surface area contributed by atoms with Crippen LogP contribution in [0.25, 0.3) is 0 Å². The SMILES string of the molecule is CCCCCc1ccc(C2CC3(CCCCC)CCC2(C(=O)O)CC3)c(C#N)c1C#N. The summed E-state index contributed by atoms with van der Waals surface area (Å²) in [6.07, 6.45) is 12.9. The second kappa shape index (κ2) is 9.86. The van der Waals surface area contributed by atoms with E-state index in [0.717, 1.165) is 62.5 Å². The summed E-state index contributed by atoms with van der Waals surface area (Å²) in [7, 11) is 0. The summed E-state index contributed by atoms with van der Waals surface area (Å²) < 4.78 is 0. The monoisotopic (exact) mass is 420 g/mol. The normalized spacial score (nSPS) is 26.9. The number of benzene rings is 1. The third-order valence-corrected chi connectivity index (χ3v) is 8.22. The molecule has 166 valence electrons. The average Bonchev–Trinajstić information content (AvgIpc) is 2.79. The first-order valence-electron chi connectivity index (χ1n) is 12.2. The van der Waals surface area contributed by atoms with Crippen LogP contribution in [0.3, 0.4) is 0 Å². The standard InChI is InChI=1S/C27H36N2O2/c1-3-5-7-9-20-10-11-21(23(19-29)22(20)18-28)24-17-26(12-8-6-4-2)13-15-27(24,16-14-26)25(30)31/h10-11,24H,3-9,12-17H2,1-2H3,(H,30,31). The Balaban J connectivity index is 2.01. The Kier molecular flexibility index (Phi) is 7.42. The molecule has 0 aromatic heterocycles. The highest BCUT2D eigenvalue weighted by atomic mass is 16.4. The molecule has 3 saturated carbocycles. The third-order valence-electron chi connectivity index (χ3n) is 8.22. The van der Waals surface area contributed by atoms with Gasteiger partial charge in [0.2, 0.25) is 0 Å². The molecule has 31 heavy (non-hydrogen) atoms. The zero-order chi connectivity index (χ0) is 22.5. The molecule has 1 unspecified atom stereocenters. The number of carbonyl (C=O) groups is 1. The number of hydrogen-bond donors (Lipinski definition) is 1. The summed E-state index contributed by atoms with van der Waals surface area (Å²) in [6.45, 7) is 4.36. The summed E-state index contributed by atoms with van der Waals surface area (Å²) in [5.41, 5.74) is 2.03. The van der Waals surface area contributed by atoms with Crippen molar-refractivity contribution in [1.82, 2.24) is 0 Å². The second-order valence-electron chi connectivity index (χ2n) is 9.92. The van der Waals surface area contributed by atoms with Crippen LogP contribution in [0.2, 0.25) is 0 Å². The number of rotatable bonds is 10. The molecule has 0 heterocycles. The number of aryl methyl sites for hydroxylation is 1. The van der Waals surface area contributed by atoms with Gasteiger partial charge in [-0.05, 0) is 67.9 Å². The molecule has 2 bridgehead atoms. The number of carboxylic acid groups (broad SMARTS) is 1. The number of aliphatic carboxylic acids is 1. The third kappa shape index (κ3) is 4.36. The number of nitriles is 2. The van der Waals surface area contributed by atoms with E-state index in [0.29, 0.717) is 24.0 Å². The molecule has 1 aromatic rings. The maximum atomic E-state index is 12.5. The van der Waals surface area contributed by atoms with Gasteiger partial charge in [-0.2, -0.15) is 10.5 Å². The first-order valence-corrected chi connectivity index (χ1v) is 12.2. The topological polar surface area (TPSA) is 84.9 Å². The Morgan fingerprint density at radius 1 is 1.00 bits per heavy atom. The van der Waals surface area contributed by atoms with Crippen molar-refractivity contribution in [2.24, 2.45) is 10.8 Å². The van der Waals surface area contributed by atoms with Gasteiger partial charge in [-0.1, -0.05) is 58.1 Å². The van der Waals surface area contributed by atoms with Gasteiger partial charge in [0.05, 0.1) is 16.5 Å². The lowest BCUT2D eigenvalue weighted by Crippen LogP contribution is -2.51. The van der Waals surface area contributed by atoms with Crippen LogP contribution < -0.4 is 0 Å². The maximum Gasteiger partial charge on any atom is 0.310 e. The van der Waals surface area contributed by atoms with E-state index in [1.54, 1.807) is 0 Å². The minimum atomic E-state index is -0.797. The summed E-state index contributed by atoms with van der Waals surface area (Å²) in [6, 6.07) is 8.57. The van der Waals surface area contributed by atoms with E-state index >= 15 is 0 Å². The van der Waals surface area contributed by atoms with Crippen LogP contribution in [-0.2, 0) is 11.2 Å². The van der Waals surface area contributed by atoms with E-state index < -0.39 is 11.4 Å². The summed E-state index contributed by atoms with van der Waals surface area (Å²) in [5.74, 6) is -0.908. The molecule has 1 N–H and O–H groups in total. The largest absolute Gasteiger partial charge is 0.481 e. The molecule has 0 aliphatic heterocycles. The summed E-state index contributed by atoms with van der Waals surface area (Å²) in [5, 5.41) is 30.2. The lowest BCUT2D eigenvalue weighted by atomic mass is 9.46. The predicted molar refractivity (Wildman–Crippen MR) is 122 cm³/mol. The molecule has 1 aromatic carbocycles. The fourth-order valence-electron chi connectivity index (χ4n) is 6.25. The molecule has 0 saturated heterocycles. The van der Waals surface area contributed by atoms with Crippen LogP contribution in [0.15, 0.2) is 12.1 Å². The van der Waals surface area contributed by atoms with Gasteiger partial charge in [0.1, 0.15) is 12.1 Å². The van der Waals surface area contributed by atoms with Gasteiger partial charge >= 0.3 is 5.97 Å². The molecular weight excluding hydrogens is 384 g/mol. The molecule has 1 atom stereocenters. The molecule has 3 fully saturated rings. The van der Waals surface area contributed by atoms with Crippen molar-refractivity contribution in [3.05, 3.63) is 34.4 Å². The lowest BCUT2D eigenvalue weighted by Gasteiger charge is -2.56. The molecule has 3 aliphatic rings. The van der Waals surface area contributed by atoms with Crippen molar-refractivity contribution in [2.75, 3.05) is 0 Å². The lowest BCUT2D eigenvalue weighted by molar-refractivity contribution is -0.162. The van der Waals surface area contributed by atoms with Gasteiger partial charge in [0.25, 0.3) is 0 Å². The first-order chi connectivity index (χ1) is 15.0. The molecule has 4 nitrogen and oxygen atoms in total. The fraction of sp³-hybridized carbons (Fsp3) is 0.667. The Morgan fingerprint density at radius 3 is 2.23 bits per heavy atom. The minimum Gasteiger partial charge on any atom is -0.481 e. The van der Waals surface area contributed by atoms with E-state index in [9.17, 15) is 20.4 Å². The highest BCUT2D eigenvalue weighted by Crippen LogP contribution is 2.65. The van der Waals surface area contributed by atoms with E-state index in [2.05, 4.69) is 26.0 Å². The van der Waals surface area contributed by atoms with Crippen LogP contribution >= 0.6 is 0 Å². The number of carboxylic acids is 1. The highest BCUT2D eigenvalue weighted by Gasteiger charge is 2.58. The van der Waals surface area contributed by atoms with Crippen molar-refractivity contribution in [3.8, 4) is 12.1 Å². The van der Waals surface area contributed by atoms with Crippen molar-refractivity contribution in [2.45, 2.75) is 103 Å². The van der Waals surface area contributed by atoms with Gasteiger partial charge in [-0.3, -0.25) is 4.79 Å². The fourth-order valence-corrected chi connectivity index (χ4v) is 6.25. The molecular formula is C27H36N2O2. The van der Waals surface area contributed by atoms with Crippen LogP contribution in [-0.4, -0.2) is 11.1 Å². The number of fused-ring (bicyclic) bond motifs is 3. The summed E-state index contributed by atoms with van der Waals surface area (Å²) >= 11 is 0. The molecule has 0 spiro atoms. The molecule has 4 heteroatoms. The van der Waals surface area contributed by atoms with E-state index in [4.69, 9.17) is 0 Å². The first kappa shape index (κ1) is 23.3. The van der Waals surface area contributed by atoms with Crippen LogP contribution in [0.5, 0.6) is 0 Å². The van der Waals surface area contributed by atoms with Crippen LogP contribution in [0.1, 0.15) is 119 Å². The molecule has 0 radical (unpaired) electrons. The number of unbranched alkanes of at least 4 members (excludes halogenated alkanes) is 4. The Bertz CT molecular complexity index is 882. The minimum absolute atomic E-state index is 0.180. The molecule has 4 rings (SSSR count). The van der Waals surface area contributed by atoms with Crippen LogP contribution in [0, 0.1) is 33.5 Å². The number of hydrogen-bond acceptors (Lipinski definition) is 3. The van der Waals surface area contributed by atoms with Gasteiger partial charge in [0, 0.05) is 5.92 Å². The van der Waals surface area contributed by atoms with E-state index in [1.165, 1.54) is 19.3 Å². The second-order valence-corrected chi connectivity index (χ2v) is 9.92. The Hall–Kier alpha value is -2.33. The van der Waals surface area contributed by atoms with Gasteiger partial charge in [-0.15, -0.1) is 0 Å². The smallest absolute Gasteiger partial charge is 0.310 e. The maximum absolute atomic E-state index is 12.5. The van der Waals surface area contributed by atoms with Gasteiger partial charge in [-0.25, -0.2) is 0 Å². The van der Waals surface area contributed by atoms with Gasteiger partial charge < -0.3 is 5.11 Å². The highest BCUT2D eigenvalue weighted by molar-refractivity contribution is 5.77. The zero-order valence-corrected chi connectivity index (χ0v) is 19.2. The van der Waals surface area contributed by atoms with Gasteiger partial charge in [0.15, 0.2) is 0 Å². The van der Waals surface area contributed by atoms with Crippen molar-refractivity contribution in [3.63, 3.8) is 0 Å². The average molecular weight is 421 g/mol. The number of nitrogens with zero attached hydrogens (tertiary/aromatic N) is 2. The Morgan fingerprint density at radius 2 is 1.65 bits per heavy atom. The van der Waals surface area contributed by atoms with Crippen LogP contribution in [0.4, 0.5) is 0 Å². The van der Waals surface area contributed by atoms with Crippen molar-refractivity contribution >= 4 is 5.97 Å². The molecule has 0 amide bonds.